The molecule has 3 aromatic rings. The van der Waals surface area contributed by atoms with Gasteiger partial charge in [-0.25, -0.2) is 9.97 Å². The van der Waals surface area contributed by atoms with Crippen LogP contribution in [0.4, 0.5) is 0 Å². The molecule has 0 spiro atoms. The van der Waals surface area contributed by atoms with Crippen LogP contribution in [0, 0.1) is 10.5 Å². The molecule has 1 aromatic carbocycles. The number of benzene rings is 1. The second-order valence-electron chi connectivity index (χ2n) is 4.27. The van der Waals surface area contributed by atoms with Crippen molar-refractivity contribution in [1.29, 1.82) is 0 Å². The van der Waals surface area contributed by atoms with E-state index < -0.39 is 0 Å². The molecule has 0 radical (unpaired) electrons. The summed E-state index contributed by atoms with van der Waals surface area (Å²) >= 11 is 8.31. The van der Waals surface area contributed by atoms with Gasteiger partial charge < -0.3 is 0 Å². The molecule has 0 bridgehead atoms. The van der Waals surface area contributed by atoms with Crippen LogP contribution in [0.2, 0.25) is 0 Å². The Labute approximate surface area is 129 Å². The quantitative estimate of drug-likeness (QED) is 0.493. The summed E-state index contributed by atoms with van der Waals surface area (Å²) in [6.07, 6.45) is 1.81. The molecule has 0 saturated heterocycles. The first-order chi connectivity index (χ1) is 9.20. The Bertz CT molecular complexity index is 734. The average molecular weight is 384 g/mol. The Morgan fingerprint density at radius 1 is 1.21 bits per heavy atom. The van der Waals surface area contributed by atoms with Gasteiger partial charge in [0.15, 0.2) is 5.65 Å². The Hall–Kier alpha value is -1.14. The standard InChI is InChI=1S/C14H11ClIN3/c1-9-6-7-17-14-13(9)18-12(8-15)19(14)11-4-2-10(16)3-5-11/h2-7H,8H2,1H3. The van der Waals surface area contributed by atoms with E-state index in [9.17, 15) is 0 Å². The number of hydrogen-bond donors (Lipinski definition) is 0. The number of imidazole rings is 1. The van der Waals surface area contributed by atoms with Crippen LogP contribution in [0.5, 0.6) is 0 Å². The van der Waals surface area contributed by atoms with Gasteiger partial charge in [-0.3, -0.25) is 4.57 Å². The summed E-state index contributed by atoms with van der Waals surface area (Å²) in [5.74, 6) is 1.18. The minimum atomic E-state index is 0.363. The first-order valence-electron chi connectivity index (χ1n) is 5.85. The van der Waals surface area contributed by atoms with E-state index in [1.54, 1.807) is 6.20 Å². The first kappa shape index (κ1) is 12.9. The molecule has 96 valence electrons. The van der Waals surface area contributed by atoms with E-state index >= 15 is 0 Å². The van der Waals surface area contributed by atoms with Crippen molar-refractivity contribution in [2.24, 2.45) is 0 Å². The lowest BCUT2D eigenvalue weighted by Gasteiger charge is -2.07. The molecule has 0 aliphatic rings. The summed E-state index contributed by atoms with van der Waals surface area (Å²) in [4.78, 5) is 9.05. The van der Waals surface area contributed by atoms with Crippen LogP contribution >= 0.6 is 34.2 Å². The second-order valence-corrected chi connectivity index (χ2v) is 5.79. The maximum atomic E-state index is 6.02. The van der Waals surface area contributed by atoms with Gasteiger partial charge in [0, 0.05) is 15.5 Å². The van der Waals surface area contributed by atoms with Gasteiger partial charge in [-0.2, -0.15) is 0 Å². The monoisotopic (exact) mass is 383 g/mol. The second kappa shape index (κ2) is 5.09. The fraction of sp³-hybridized carbons (Fsp3) is 0.143. The number of hydrogen-bond acceptors (Lipinski definition) is 2. The first-order valence-corrected chi connectivity index (χ1v) is 7.47. The van der Waals surface area contributed by atoms with Crippen LogP contribution in [0.15, 0.2) is 36.5 Å². The number of fused-ring (bicyclic) bond motifs is 1. The molecule has 2 aromatic heterocycles. The molecule has 0 N–H and O–H groups in total. The van der Waals surface area contributed by atoms with Crippen LogP contribution < -0.4 is 0 Å². The van der Waals surface area contributed by atoms with Crippen molar-refractivity contribution >= 4 is 45.4 Å². The van der Waals surface area contributed by atoms with Gasteiger partial charge in [-0.1, -0.05) is 0 Å². The largest absolute Gasteiger partial charge is 0.280 e. The zero-order valence-corrected chi connectivity index (χ0v) is 13.2. The van der Waals surface area contributed by atoms with Crippen LogP contribution in [0.1, 0.15) is 11.4 Å². The lowest BCUT2D eigenvalue weighted by molar-refractivity contribution is 0.969. The van der Waals surface area contributed by atoms with Gasteiger partial charge in [0.2, 0.25) is 0 Å². The molecule has 0 unspecified atom stereocenters. The molecule has 19 heavy (non-hydrogen) atoms. The zero-order valence-electron chi connectivity index (χ0n) is 10.3. The van der Waals surface area contributed by atoms with E-state index in [4.69, 9.17) is 11.6 Å². The van der Waals surface area contributed by atoms with Gasteiger partial charge in [0.1, 0.15) is 11.3 Å². The molecular weight excluding hydrogens is 373 g/mol. The van der Waals surface area contributed by atoms with Crippen molar-refractivity contribution in [3.8, 4) is 5.69 Å². The normalized spacial score (nSPS) is 11.1. The average Bonchev–Trinajstić information content (AvgIpc) is 2.80. The van der Waals surface area contributed by atoms with Crippen molar-refractivity contribution in [2.75, 3.05) is 0 Å². The molecule has 0 saturated carbocycles. The molecule has 5 heteroatoms. The maximum Gasteiger partial charge on any atom is 0.164 e. The summed E-state index contributed by atoms with van der Waals surface area (Å²) in [6.45, 7) is 2.04. The molecular formula is C14H11ClIN3. The van der Waals surface area contributed by atoms with Gasteiger partial charge in [-0.15, -0.1) is 11.6 Å². The van der Waals surface area contributed by atoms with E-state index in [1.165, 1.54) is 3.57 Å². The molecule has 2 heterocycles. The molecule has 0 aliphatic heterocycles. The summed E-state index contributed by atoms with van der Waals surface area (Å²) in [5.41, 5.74) is 3.92. The minimum Gasteiger partial charge on any atom is -0.280 e. The predicted molar refractivity (Wildman–Crippen MR) is 85.9 cm³/mol. The Morgan fingerprint density at radius 2 is 1.95 bits per heavy atom. The molecule has 0 fully saturated rings. The molecule has 0 aliphatic carbocycles. The van der Waals surface area contributed by atoms with E-state index in [2.05, 4.69) is 56.8 Å². The number of pyridine rings is 1. The van der Waals surface area contributed by atoms with Crippen LogP contribution in [-0.4, -0.2) is 14.5 Å². The highest BCUT2D eigenvalue weighted by molar-refractivity contribution is 14.1. The molecule has 3 nitrogen and oxygen atoms in total. The summed E-state index contributed by atoms with van der Waals surface area (Å²) in [6, 6.07) is 10.2. The third kappa shape index (κ3) is 2.23. The molecule has 0 atom stereocenters. The number of aromatic nitrogens is 3. The summed E-state index contributed by atoms with van der Waals surface area (Å²) in [7, 11) is 0. The third-order valence-electron chi connectivity index (χ3n) is 3.02. The van der Waals surface area contributed by atoms with E-state index in [-0.39, 0.29) is 0 Å². The maximum absolute atomic E-state index is 6.02. The van der Waals surface area contributed by atoms with Gasteiger partial charge in [-0.05, 0) is 65.4 Å². The third-order valence-corrected chi connectivity index (χ3v) is 3.98. The number of aryl methyl sites for hydroxylation is 1. The van der Waals surface area contributed by atoms with Crippen LogP contribution in [0.3, 0.4) is 0 Å². The SMILES string of the molecule is Cc1ccnc2c1nc(CCl)n2-c1ccc(I)cc1. The lowest BCUT2D eigenvalue weighted by atomic mass is 10.2. The topological polar surface area (TPSA) is 30.7 Å². The lowest BCUT2D eigenvalue weighted by Crippen LogP contribution is -2.00. The fourth-order valence-electron chi connectivity index (χ4n) is 2.09. The van der Waals surface area contributed by atoms with Crippen molar-refractivity contribution in [1.82, 2.24) is 14.5 Å². The highest BCUT2D eigenvalue weighted by Crippen LogP contribution is 2.23. The van der Waals surface area contributed by atoms with Crippen LogP contribution in [-0.2, 0) is 5.88 Å². The Kier molecular flexibility index (Phi) is 3.45. The number of nitrogens with zero attached hydrogens (tertiary/aromatic N) is 3. The van der Waals surface area contributed by atoms with E-state index in [0.717, 1.165) is 28.2 Å². The number of rotatable bonds is 2. The van der Waals surface area contributed by atoms with Gasteiger partial charge in [0.05, 0.1) is 5.88 Å². The number of halogens is 2. The minimum absolute atomic E-state index is 0.363. The summed E-state index contributed by atoms with van der Waals surface area (Å²) in [5, 5.41) is 0. The summed E-state index contributed by atoms with van der Waals surface area (Å²) < 4.78 is 3.22. The fourth-order valence-corrected chi connectivity index (χ4v) is 2.63. The highest BCUT2D eigenvalue weighted by Gasteiger charge is 2.13. The Morgan fingerprint density at radius 3 is 2.63 bits per heavy atom. The van der Waals surface area contributed by atoms with Gasteiger partial charge in [0.25, 0.3) is 0 Å². The highest BCUT2D eigenvalue weighted by atomic mass is 127. The zero-order chi connectivity index (χ0) is 13.4. The van der Waals surface area contributed by atoms with Crippen LogP contribution in [0.25, 0.3) is 16.9 Å². The molecule has 3 rings (SSSR count). The van der Waals surface area contributed by atoms with E-state index in [0.29, 0.717) is 5.88 Å². The van der Waals surface area contributed by atoms with Gasteiger partial charge >= 0.3 is 0 Å². The van der Waals surface area contributed by atoms with E-state index in [1.807, 2.05) is 17.6 Å². The molecule has 0 amide bonds. The predicted octanol–water partition coefficient (Wildman–Crippen LogP) is 4.07. The number of alkyl halides is 1. The van der Waals surface area contributed by atoms with Crippen molar-refractivity contribution in [3.63, 3.8) is 0 Å². The van der Waals surface area contributed by atoms with Crippen molar-refractivity contribution < 1.29 is 0 Å². The van der Waals surface area contributed by atoms with Crippen molar-refractivity contribution in [2.45, 2.75) is 12.8 Å². The smallest absolute Gasteiger partial charge is 0.164 e. The Balaban J connectivity index is 2.32. The van der Waals surface area contributed by atoms with Crippen molar-refractivity contribution in [3.05, 3.63) is 51.5 Å².